The van der Waals surface area contributed by atoms with Gasteiger partial charge in [-0.3, -0.25) is 4.98 Å². The summed E-state index contributed by atoms with van der Waals surface area (Å²) in [5, 5.41) is 0. The van der Waals surface area contributed by atoms with Gasteiger partial charge < -0.3 is 0 Å². The summed E-state index contributed by atoms with van der Waals surface area (Å²) in [5.41, 5.74) is 2.19. The molecule has 2 heteroatoms. The van der Waals surface area contributed by atoms with Gasteiger partial charge in [-0.1, -0.05) is 13.0 Å². The smallest absolute Gasteiger partial charge is 0.0666 e. The van der Waals surface area contributed by atoms with E-state index in [-0.39, 0.29) is 0 Å². The third-order valence-electron chi connectivity index (χ3n) is 1.82. The summed E-state index contributed by atoms with van der Waals surface area (Å²) in [5.74, 6) is 0. The van der Waals surface area contributed by atoms with Crippen molar-refractivity contribution in [3.05, 3.63) is 35.0 Å². The first-order chi connectivity index (χ1) is 5.75. The maximum Gasteiger partial charge on any atom is 0.0666 e. The summed E-state index contributed by atoms with van der Waals surface area (Å²) >= 11 is 4.38. The molecule has 0 amide bonds. The van der Waals surface area contributed by atoms with Crippen LogP contribution >= 0.6 is 12.6 Å². The van der Waals surface area contributed by atoms with Gasteiger partial charge in [-0.15, -0.1) is 12.6 Å². The molecular formula is C10H13NS. The second-order valence-electron chi connectivity index (χ2n) is 2.64. The molecule has 0 aliphatic carbocycles. The lowest BCUT2D eigenvalue weighted by atomic mass is 10.1. The van der Waals surface area contributed by atoms with E-state index >= 15 is 0 Å². The zero-order chi connectivity index (χ0) is 8.97. The molecule has 0 fully saturated rings. The van der Waals surface area contributed by atoms with Crippen LogP contribution in [0.2, 0.25) is 0 Å². The Balaban J connectivity index is 3.00. The predicted octanol–water partition coefficient (Wildman–Crippen LogP) is 3.15. The van der Waals surface area contributed by atoms with Gasteiger partial charge in [0.1, 0.15) is 0 Å². The minimum absolute atomic E-state index is 0.964. The van der Waals surface area contributed by atoms with Crippen LogP contribution in [0.3, 0.4) is 0 Å². The normalized spacial score (nSPS) is 12.6. The van der Waals surface area contributed by atoms with Crippen molar-refractivity contribution in [2.24, 2.45) is 0 Å². The molecule has 0 saturated heterocycles. The number of hydrogen-bond acceptors (Lipinski definition) is 2. The van der Waals surface area contributed by atoms with E-state index in [1.165, 1.54) is 5.57 Å². The summed E-state index contributed by atoms with van der Waals surface area (Å²) in [6.07, 6.45) is 2.76. The van der Waals surface area contributed by atoms with E-state index in [9.17, 15) is 0 Å². The number of pyridine rings is 1. The minimum Gasteiger partial charge on any atom is -0.257 e. The Labute approximate surface area is 78.9 Å². The molecule has 1 rings (SSSR count). The van der Waals surface area contributed by atoms with E-state index in [2.05, 4.69) is 24.5 Å². The molecule has 1 aromatic heterocycles. The topological polar surface area (TPSA) is 12.9 Å². The Bertz CT molecular complexity index is 277. The van der Waals surface area contributed by atoms with Crippen molar-refractivity contribution < 1.29 is 0 Å². The highest BCUT2D eigenvalue weighted by Gasteiger charge is 1.99. The molecule has 0 aliphatic rings. The van der Waals surface area contributed by atoms with Crippen LogP contribution in [0.5, 0.6) is 0 Å². The van der Waals surface area contributed by atoms with Gasteiger partial charge in [0.15, 0.2) is 0 Å². The maximum absolute atomic E-state index is 4.38. The molecule has 0 bridgehead atoms. The van der Waals surface area contributed by atoms with Crippen LogP contribution in [0.1, 0.15) is 26.0 Å². The monoisotopic (exact) mass is 179 g/mol. The number of nitrogens with zero attached hydrogens (tertiary/aromatic N) is 1. The van der Waals surface area contributed by atoms with Crippen LogP contribution in [-0.4, -0.2) is 4.98 Å². The fourth-order valence-electron chi connectivity index (χ4n) is 0.998. The Morgan fingerprint density at radius 3 is 2.75 bits per heavy atom. The molecule has 1 heterocycles. The molecule has 0 aliphatic heterocycles. The summed E-state index contributed by atoms with van der Waals surface area (Å²) in [6, 6.07) is 5.91. The second-order valence-corrected chi connectivity index (χ2v) is 3.18. The van der Waals surface area contributed by atoms with Crippen molar-refractivity contribution in [2.45, 2.75) is 20.3 Å². The predicted molar refractivity (Wildman–Crippen MR) is 56.1 cm³/mol. The first kappa shape index (κ1) is 9.33. The fraction of sp³-hybridized carbons (Fsp3) is 0.300. The Morgan fingerprint density at radius 1 is 1.50 bits per heavy atom. The third kappa shape index (κ3) is 2.11. The van der Waals surface area contributed by atoms with Crippen molar-refractivity contribution in [2.75, 3.05) is 0 Å². The maximum atomic E-state index is 4.38. The van der Waals surface area contributed by atoms with Crippen LogP contribution in [0.15, 0.2) is 29.3 Å². The fourth-order valence-corrected chi connectivity index (χ4v) is 1.11. The van der Waals surface area contributed by atoms with E-state index in [1.807, 2.05) is 25.1 Å². The van der Waals surface area contributed by atoms with Crippen molar-refractivity contribution in [3.63, 3.8) is 0 Å². The van der Waals surface area contributed by atoms with Crippen LogP contribution in [0.4, 0.5) is 0 Å². The van der Waals surface area contributed by atoms with E-state index in [1.54, 1.807) is 6.20 Å². The number of thiol groups is 1. The summed E-state index contributed by atoms with van der Waals surface area (Å²) < 4.78 is 0. The van der Waals surface area contributed by atoms with Crippen molar-refractivity contribution >= 4 is 18.2 Å². The molecule has 1 nitrogen and oxygen atoms in total. The lowest BCUT2D eigenvalue weighted by Gasteiger charge is -2.02. The highest BCUT2D eigenvalue weighted by molar-refractivity contribution is 7.84. The molecule has 12 heavy (non-hydrogen) atoms. The van der Waals surface area contributed by atoms with E-state index in [0.717, 1.165) is 17.0 Å². The highest BCUT2D eigenvalue weighted by atomic mass is 32.1. The van der Waals surface area contributed by atoms with Crippen LogP contribution in [0.25, 0.3) is 5.57 Å². The van der Waals surface area contributed by atoms with E-state index in [0.29, 0.717) is 0 Å². The van der Waals surface area contributed by atoms with Gasteiger partial charge in [0.05, 0.1) is 5.69 Å². The lowest BCUT2D eigenvalue weighted by molar-refractivity contribution is 1.18. The molecule has 0 radical (unpaired) electrons. The number of rotatable bonds is 2. The number of hydrogen-bond donors (Lipinski definition) is 1. The molecule has 0 unspecified atom stereocenters. The first-order valence-corrected chi connectivity index (χ1v) is 4.50. The molecule has 64 valence electrons. The molecule has 0 aromatic carbocycles. The zero-order valence-electron chi connectivity index (χ0n) is 7.41. The van der Waals surface area contributed by atoms with E-state index < -0.39 is 0 Å². The average molecular weight is 179 g/mol. The minimum atomic E-state index is 0.964. The van der Waals surface area contributed by atoms with Gasteiger partial charge in [-0.25, -0.2) is 0 Å². The van der Waals surface area contributed by atoms with Gasteiger partial charge in [-0.2, -0.15) is 0 Å². The summed E-state index contributed by atoms with van der Waals surface area (Å²) in [7, 11) is 0. The molecule has 0 N–H and O–H groups in total. The van der Waals surface area contributed by atoms with Crippen LogP contribution in [-0.2, 0) is 0 Å². The van der Waals surface area contributed by atoms with Gasteiger partial charge in [-0.05, 0) is 36.0 Å². The SMILES string of the molecule is CC/C(S)=C(\C)c1ccccn1. The average Bonchev–Trinajstić information content (AvgIpc) is 2.17. The molecular weight excluding hydrogens is 166 g/mol. The van der Waals surface area contributed by atoms with Gasteiger partial charge in [0, 0.05) is 6.20 Å². The quantitative estimate of drug-likeness (QED) is 0.688. The second kappa shape index (κ2) is 4.31. The molecule has 0 spiro atoms. The number of aromatic nitrogens is 1. The van der Waals surface area contributed by atoms with E-state index in [4.69, 9.17) is 0 Å². The largest absolute Gasteiger partial charge is 0.257 e. The summed E-state index contributed by atoms with van der Waals surface area (Å²) in [4.78, 5) is 5.35. The number of allylic oxidation sites excluding steroid dienone is 2. The Kier molecular flexibility index (Phi) is 3.35. The Hall–Kier alpha value is -0.760. The summed E-state index contributed by atoms with van der Waals surface area (Å²) in [6.45, 7) is 4.14. The lowest BCUT2D eigenvalue weighted by Crippen LogP contribution is -1.85. The third-order valence-corrected chi connectivity index (χ3v) is 2.47. The zero-order valence-corrected chi connectivity index (χ0v) is 8.31. The van der Waals surface area contributed by atoms with Crippen molar-refractivity contribution in [1.82, 2.24) is 4.98 Å². The van der Waals surface area contributed by atoms with Crippen LogP contribution < -0.4 is 0 Å². The standard InChI is InChI=1S/C10H13NS/c1-3-10(12)8(2)9-6-4-5-7-11-9/h4-7,12H,3H2,1-2H3/b10-8-. The van der Waals surface area contributed by atoms with Gasteiger partial charge >= 0.3 is 0 Å². The molecule has 1 aromatic rings. The Morgan fingerprint density at radius 2 is 2.25 bits per heavy atom. The first-order valence-electron chi connectivity index (χ1n) is 4.05. The van der Waals surface area contributed by atoms with Gasteiger partial charge in [0.2, 0.25) is 0 Å². The van der Waals surface area contributed by atoms with Crippen molar-refractivity contribution in [3.8, 4) is 0 Å². The highest BCUT2D eigenvalue weighted by Crippen LogP contribution is 2.20. The van der Waals surface area contributed by atoms with Crippen LogP contribution in [0, 0.1) is 0 Å². The van der Waals surface area contributed by atoms with Crippen molar-refractivity contribution in [1.29, 1.82) is 0 Å². The molecule has 0 saturated carbocycles. The molecule has 0 atom stereocenters. The van der Waals surface area contributed by atoms with Gasteiger partial charge in [0.25, 0.3) is 0 Å².